The Labute approximate surface area is 129 Å². The van der Waals surface area contributed by atoms with E-state index in [0.717, 1.165) is 30.5 Å². The number of hydrogen-bond acceptors (Lipinski definition) is 4. The van der Waals surface area contributed by atoms with Gasteiger partial charge in [0.05, 0.1) is 0 Å². The number of nitrogens with one attached hydrogen (secondary N) is 1. The zero-order valence-corrected chi connectivity index (χ0v) is 14.2. The Morgan fingerprint density at radius 2 is 1.86 bits per heavy atom. The molecule has 2 rings (SSSR count). The summed E-state index contributed by atoms with van der Waals surface area (Å²) >= 11 is 0. The van der Waals surface area contributed by atoms with Crippen molar-refractivity contribution >= 4 is 11.6 Å². The smallest absolute Gasteiger partial charge is 0.137 e. The molecule has 1 aliphatic carbocycles. The van der Waals surface area contributed by atoms with E-state index >= 15 is 0 Å². The Bertz CT molecular complexity index is 464. The van der Waals surface area contributed by atoms with Crippen LogP contribution in [-0.4, -0.2) is 29.1 Å². The number of nitrogens with zero attached hydrogens (tertiary/aromatic N) is 3. The number of anilines is 2. The Hall–Kier alpha value is -1.32. The van der Waals surface area contributed by atoms with Gasteiger partial charge in [0.25, 0.3) is 0 Å². The molecule has 0 atom stereocenters. The molecule has 1 N–H and O–H groups in total. The third-order valence-electron chi connectivity index (χ3n) is 4.18. The lowest BCUT2D eigenvalue weighted by molar-refractivity contribution is 0.529. The molecule has 21 heavy (non-hydrogen) atoms. The van der Waals surface area contributed by atoms with Crippen LogP contribution in [0.15, 0.2) is 0 Å². The normalized spacial score (nSPS) is 15.7. The summed E-state index contributed by atoms with van der Waals surface area (Å²) in [5, 5.41) is 3.38. The van der Waals surface area contributed by atoms with Gasteiger partial charge in [-0.2, -0.15) is 0 Å². The number of aryl methyl sites for hydroxylation is 1. The van der Waals surface area contributed by atoms with Gasteiger partial charge >= 0.3 is 0 Å². The lowest BCUT2D eigenvalue weighted by Crippen LogP contribution is -2.37. The van der Waals surface area contributed by atoms with Crippen LogP contribution in [0.3, 0.4) is 0 Å². The molecule has 4 heteroatoms. The maximum Gasteiger partial charge on any atom is 0.137 e. The second kappa shape index (κ2) is 7.10. The highest BCUT2D eigenvalue weighted by atomic mass is 15.2. The third kappa shape index (κ3) is 3.86. The van der Waals surface area contributed by atoms with Crippen LogP contribution in [0.5, 0.6) is 0 Å². The fourth-order valence-electron chi connectivity index (χ4n) is 3.25. The van der Waals surface area contributed by atoms with Crippen molar-refractivity contribution < 1.29 is 0 Å². The summed E-state index contributed by atoms with van der Waals surface area (Å²) < 4.78 is 0. The number of rotatable bonds is 6. The predicted octanol–water partition coefficient (Wildman–Crippen LogP) is 3.93. The fourth-order valence-corrected chi connectivity index (χ4v) is 3.25. The van der Waals surface area contributed by atoms with Crippen LogP contribution in [0.25, 0.3) is 0 Å². The van der Waals surface area contributed by atoms with Gasteiger partial charge < -0.3 is 10.2 Å². The van der Waals surface area contributed by atoms with Gasteiger partial charge in [-0.1, -0.05) is 26.7 Å². The zero-order chi connectivity index (χ0) is 15.4. The van der Waals surface area contributed by atoms with Crippen molar-refractivity contribution in [3.63, 3.8) is 0 Å². The Balaban J connectivity index is 2.38. The SMILES string of the molecule is CCNc1nc(C)nc(N(CC(C)C)C2CCCC2)c1C. The van der Waals surface area contributed by atoms with E-state index in [1.807, 2.05) is 6.92 Å². The Kier molecular flexibility index (Phi) is 5.43. The Morgan fingerprint density at radius 3 is 2.43 bits per heavy atom. The molecule has 0 spiro atoms. The van der Waals surface area contributed by atoms with Crippen LogP contribution < -0.4 is 10.2 Å². The fraction of sp³-hybridized carbons (Fsp3) is 0.765. The minimum atomic E-state index is 0.642. The molecule has 0 aliphatic heterocycles. The van der Waals surface area contributed by atoms with Crippen molar-refractivity contribution in [1.82, 2.24) is 9.97 Å². The van der Waals surface area contributed by atoms with Crippen molar-refractivity contribution in [2.45, 2.75) is 66.3 Å². The summed E-state index contributed by atoms with van der Waals surface area (Å²) in [6.45, 7) is 12.8. The first-order valence-electron chi connectivity index (χ1n) is 8.38. The highest BCUT2D eigenvalue weighted by molar-refractivity contribution is 5.59. The molecule has 1 heterocycles. The molecule has 0 aromatic carbocycles. The van der Waals surface area contributed by atoms with Crippen LogP contribution in [0.2, 0.25) is 0 Å². The molecular formula is C17H30N4. The predicted molar refractivity (Wildman–Crippen MR) is 90.1 cm³/mol. The van der Waals surface area contributed by atoms with Crippen molar-refractivity contribution in [2.24, 2.45) is 5.92 Å². The molecule has 1 saturated carbocycles. The van der Waals surface area contributed by atoms with Crippen LogP contribution in [-0.2, 0) is 0 Å². The maximum absolute atomic E-state index is 4.79. The lowest BCUT2D eigenvalue weighted by atomic mass is 10.1. The molecule has 1 aromatic heterocycles. The summed E-state index contributed by atoms with van der Waals surface area (Å²) in [6, 6.07) is 0.648. The van der Waals surface area contributed by atoms with Gasteiger partial charge in [0, 0.05) is 24.7 Å². The van der Waals surface area contributed by atoms with E-state index in [4.69, 9.17) is 4.98 Å². The molecule has 0 unspecified atom stereocenters. The van der Waals surface area contributed by atoms with E-state index < -0.39 is 0 Å². The van der Waals surface area contributed by atoms with Gasteiger partial charge in [0.1, 0.15) is 17.5 Å². The summed E-state index contributed by atoms with van der Waals surface area (Å²) in [5.74, 6) is 3.63. The Morgan fingerprint density at radius 1 is 1.19 bits per heavy atom. The van der Waals surface area contributed by atoms with Gasteiger partial charge in [0.2, 0.25) is 0 Å². The third-order valence-corrected chi connectivity index (χ3v) is 4.18. The van der Waals surface area contributed by atoms with E-state index in [0.29, 0.717) is 12.0 Å². The molecule has 0 bridgehead atoms. The van der Waals surface area contributed by atoms with Gasteiger partial charge in [-0.25, -0.2) is 9.97 Å². The number of hydrogen-bond donors (Lipinski definition) is 1. The van der Waals surface area contributed by atoms with Crippen molar-refractivity contribution in [3.05, 3.63) is 11.4 Å². The first-order valence-corrected chi connectivity index (χ1v) is 8.38. The van der Waals surface area contributed by atoms with Crippen LogP contribution >= 0.6 is 0 Å². The quantitative estimate of drug-likeness (QED) is 0.862. The zero-order valence-electron chi connectivity index (χ0n) is 14.2. The summed E-state index contributed by atoms with van der Waals surface area (Å²) in [7, 11) is 0. The van der Waals surface area contributed by atoms with Crippen LogP contribution in [0.4, 0.5) is 11.6 Å². The van der Waals surface area contributed by atoms with Gasteiger partial charge in [-0.15, -0.1) is 0 Å². The second-order valence-electron chi connectivity index (χ2n) is 6.58. The summed E-state index contributed by atoms with van der Waals surface area (Å²) in [6.07, 6.45) is 5.29. The number of aromatic nitrogens is 2. The van der Waals surface area contributed by atoms with E-state index in [9.17, 15) is 0 Å². The molecule has 1 aromatic rings. The summed E-state index contributed by atoms with van der Waals surface area (Å²) in [5.41, 5.74) is 1.19. The second-order valence-corrected chi connectivity index (χ2v) is 6.58. The van der Waals surface area contributed by atoms with E-state index in [2.05, 4.69) is 42.9 Å². The molecule has 0 radical (unpaired) electrons. The topological polar surface area (TPSA) is 41.1 Å². The average Bonchev–Trinajstić information content (AvgIpc) is 2.94. The van der Waals surface area contributed by atoms with Gasteiger partial charge in [-0.05, 0) is 39.5 Å². The standard InChI is InChI=1S/C17H30N4/c1-6-18-16-13(4)17(20-14(5)19-16)21(11-12(2)3)15-9-7-8-10-15/h12,15H,6-11H2,1-5H3,(H,18,19,20). The maximum atomic E-state index is 4.79. The largest absolute Gasteiger partial charge is 0.370 e. The average molecular weight is 290 g/mol. The van der Waals surface area contributed by atoms with Crippen molar-refractivity contribution in [1.29, 1.82) is 0 Å². The molecule has 1 fully saturated rings. The first kappa shape index (κ1) is 16.1. The highest BCUT2D eigenvalue weighted by Gasteiger charge is 2.26. The van der Waals surface area contributed by atoms with Crippen molar-refractivity contribution in [2.75, 3.05) is 23.3 Å². The minimum Gasteiger partial charge on any atom is -0.370 e. The molecule has 118 valence electrons. The minimum absolute atomic E-state index is 0.642. The van der Waals surface area contributed by atoms with Gasteiger partial charge in [0.15, 0.2) is 0 Å². The van der Waals surface area contributed by atoms with E-state index in [1.165, 1.54) is 31.2 Å². The molecule has 0 amide bonds. The summed E-state index contributed by atoms with van der Waals surface area (Å²) in [4.78, 5) is 11.9. The van der Waals surface area contributed by atoms with Crippen LogP contribution in [0.1, 0.15) is 57.8 Å². The van der Waals surface area contributed by atoms with Crippen LogP contribution in [0, 0.1) is 19.8 Å². The van der Waals surface area contributed by atoms with E-state index in [-0.39, 0.29) is 0 Å². The monoisotopic (exact) mass is 290 g/mol. The van der Waals surface area contributed by atoms with Gasteiger partial charge in [-0.3, -0.25) is 0 Å². The highest BCUT2D eigenvalue weighted by Crippen LogP contribution is 2.31. The van der Waals surface area contributed by atoms with E-state index in [1.54, 1.807) is 0 Å². The molecule has 4 nitrogen and oxygen atoms in total. The lowest BCUT2D eigenvalue weighted by Gasteiger charge is -2.33. The first-order chi connectivity index (χ1) is 10.0. The molecule has 0 saturated heterocycles. The molecule has 1 aliphatic rings. The molecular weight excluding hydrogens is 260 g/mol. The van der Waals surface area contributed by atoms with Crippen molar-refractivity contribution in [3.8, 4) is 0 Å².